The summed E-state index contributed by atoms with van der Waals surface area (Å²) in [4.78, 5) is 4.89. The molecule has 2 atom stereocenters. The molecule has 2 aromatic carbocycles. The zero-order valence-corrected chi connectivity index (χ0v) is 12.7. The van der Waals surface area contributed by atoms with Crippen LogP contribution in [0.4, 0.5) is 0 Å². The molecule has 0 bridgehead atoms. The van der Waals surface area contributed by atoms with Gasteiger partial charge >= 0.3 is 0 Å². The lowest BCUT2D eigenvalue weighted by Gasteiger charge is -2.23. The Balaban J connectivity index is 1.98. The highest BCUT2D eigenvalue weighted by atomic mass is 14.7. The van der Waals surface area contributed by atoms with Crippen LogP contribution in [0.25, 0.3) is 10.9 Å². The predicted molar refractivity (Wildman–Crippen MR) is 89.6 cm³/mol. The summed E-state index contributed by atoms with van der Waals surface area (Å²) in [5.74, 6) is 0.932. The highest BCUT2D eigenvalue weighted by Crippen LogP contribution is 2.34. The standard InChI is InChI=1S/C20H21N/c1-3-18(15(2)16-9-5-4-6-10-16)20-14-13-17-11-7-8-12-19(17)21-20/h4-15,18H,3H2,1-2H3/t15-,18+/m1/s1. The molecule has 0 aliphatic rings. The molecule has 1 aromatic heterocycles. The van der Waals surface area contributed by atoms with Gasteiger partial charge in [-0.1, -0.05) is 68.4 Å². The first-order chi connectivity index (χ1) is 10.3. The van der Waals surface area contributed by atoms with E-state index in [-0.39, 0.29) is 0 Å². The van der Waals surface area contributed by atoms with Crippen molar-refractivity contribution < 1.29 is 0 Å². The minimum atomic E-state index is 0.456. The fraction of sp³-hybridized carbons (Fsp3) is 0.250. The Morgan fingerprint density at radius 2 is 1.57 bits per heavy atom. The van der Waals surface area contributed by atoms with E-state index < -0.39 is 0 Å². The molecular formula is C20H21N. The Morgan fingerprint density at radius 1 is 0.857 bits per heavy atom. The van der Waals surface area contributed by atoms with E-state index in [0.29, 0.717) is 11.8 Å². The number of hydrogen-bond acceptors (Lipinski definition) is 1. The normalized spacial score (nSPS) is 14.0. The number of hydrogen-bond donors (Lipinski definition) is 0. The molecule has 106 valence electrons. The first kappa shape index (κ1) is 13.8. The minimum Gasteiger partial charge on any atom is -0.253 e. The molecule has 0 aliphatic heterocycles. The molecule has 0 spiro atoms. The van der Waals surface area contributed by atoms with E-state index in [1.54, 1.807) is 0 Å². The van der Waals surface area contributed by atoms with Crippen LogP contribution in [-0.4, -0.2) is 4.98 Å². The second-order valence-corrected chi connectivity index (χ2v) is 5.64. The molecule has 3 rings (SSSR count). The number of nitrogens with zero attached hydrogens (tertiary/aromatic N) is 1. The average molecular weight is 275 g/mol. The van der Waals surface area contributed by atoms with E-state index in [2.05, 4.69) is 80.6 Å². The molecule has 0 saturated heterocycles. The van der Waals surface area contributed by atoms with Crippen molar-refractivity contribution >= 4 is 10.9 Å². The van der Waals surface area contributed by atoms with Gasteiger partial charge in [-0.3, -0.25) is 4.98 Å². The number of benzene rings is 2. The highest BCUT2D eigenvalue weighted by molar-refractivity contribution is 5.78. The van der Waals surface area contributed by atoms with Crippen molar-refractivity contribution in [1.82, 2.24) is 4.98 Å². The zero-order chi connectivity index (χ0) is 14.7. The number of aromatic nitrogens is 1. The van der Waals surface area contributed by atoms with Crippen LogP contribution in [0.5, 0.6) is 0 Å². The molecule has 3 aromatic rings. The van der Waals surface area contributed by atoms with Crippen LogP contribution in [0.15, 0.2) is 66.7 Å². The van der Waals surface area contributed by atoms with E-state index >= 15 is 0 Å². The van der Waals surface area contributed by atoms with Crippen LogP contribution in [0.3, 0.4) is 0 Å². The third-order valence-electron chi connectivity index (χ3n) is 4.37. The first-order valence-electron chi connectivity index (χ1n) is 7.70. The molecule has 0 radical (unpaired) electrons. The number of fused-ring (bicyclic) bond motifs is 1. The lowest BCUT2D eigenvalue weighted by atomic mass is 9.83. The van der Waals surface area contributed by atoms with Gasteiger partial charge in [0.1, 0.15) is 0 Å². The molecule has 0 amide bonds. The molecular weight excluding hydrogens is 254 g/mol. The van der Waals surface area contributed by atoms with Crippen molar-refractivity contribution in [2.24, 2.45) is 0 Å². The smallest absolute Gasteiger partial charge is 0.0705 e. The van der Waals surface area contributed by atoms with E-state index in [1.165, 1.54) is 16.6 Å². The first-order valence-corrected chi connectivity index (χ1v) is 7.70. The molecule has 0 fully saturated rings. The van der Waals surface area contributed by atoms with Gasteiger partial charge in [-0.05, 0) is 30.0 Å². The fourth-order valence-corrected chi connectivity index (χ4v) is 3.10. The Morgan fingerprint density at radius 3 is 2.33 bits per heavy atom. The van der Waals surface area contributed by atoms with Crippen molar-refractivity contribution in [2.75, 3.05) is 0 Å². The van der Waals surface area contributed by atoms with Gasteiger partial charge in [-0.25, -0.2) is 0 Å². The molecule has 0 aliphatic carbocycles. The molecule has 0 N–H and O–H groups in total. The predicted octanol–water partition coefficient (Wildman–Crippen LogP) is 5.53. The third kappa shape index (κ3) is 2.82. The van der Waals surface area contributed by atoms with Crippen LogP contribution in [-0.2, 0) is 0 Å². The Kier molecular flexibility index (Phi) is 4.01. The molecule has 0 saturated carbocycles. The van der Waals surface area contributed by atoms with E-state index in [0.717, 1.165) is 11.9 Å². The van der Waals surface area contributed by atoms with E-state index in [4.69, 9.17) is 4.98 Å². The summed E-state index contributed by atoms with van der Waals surface area (Å²) >= 11 is 0. The maximum Gasteiger partial charge on any atom is 0.0705 e. The summed E-state index contributed by atoms with van der Waals surface area (Å²) in [6, 6.07) is 23.5. The monoisotopic (exact) mass is 275 g/mol. The molecule has 0 unspecified atom stereocenters. The summed E-state index contributed by atoms with van der Waals surface area (Å²) < 4.78 is 0. The summed E-state index contributed by atoms with van der Waals surface area (Å²) in [7, 11) is 0. The molecule has 1 heteroatoms. The van der Waals surface area contributed by atoms with Crippen molar-refractivity contribution in [3.05, 3.63) is 78.0 Å². The van der Waals surface area contributed by atoms with E-state index in [9.17, 15) is 0 Å². The van der Waals surface area contributed by atoms with Gasteiger partial charge in [0.25, 0.3) is 0 Å². The number of rotatable bonds is 4. The summed E-state index contributed by atoms with van der Waals surface area (Å²) in [6.45, 7) is 4.56. The second kappa shape index (κ2) is 6.09. The average Bonchev–Trinajstić information content (AvgIpc) is 2.56. The van der Waals surface area contributed by atoms with Crippen LogP contribution in [0.1, 0.15) is 43.4 Å². The van der Waals surface area contributed by atoms with Crippen LogP contribution in [0, 0.1) is 0 Å². The van der Waals surface area contributed by atoms with Crippen LogP contribution >= 0.6 is 0 Å². The summed E-state index contributed by atoms with van der Waals surface area (Å²) in [5.41, 5.74) is 3.68. The van der Waals surface area contributed by atoms with Crippen molar-refractivity contribution in [1.29, 1.82) is 0 Å². The Bertz CT molecular complexity index is 718. The zero-order valence-electron chi connectivity index (χ0n) is 12.7. The van der Waals surface area contributed by atoms with Crippen LogP contribution in [0.2, 0.25) is 0 Å². The van der Waals surface area contributed by atoms with Gasteiger partial charge in [-0.2, -0.15) is 0 Å². The summed E-state index contributed by atoms with van der Waals surface area (Å²) in [5, 5.41) is 1.21. The van der Waals surface area contributed by atoms with Crippen molar-refractivity contribution in [3.63, 3.8) is 0 Å². The maximum absolute atomic E-state index is 4.89. The van der Waals surface area contributed by atoms with Gasteiger partial charge in [0.2, 0.25) is 0 Å². The van der Waals surface area contributed by atoms with Gasteiger partial charge in [0.05, 0.1) is 5.52 Å². The highest BCUT2D eigenvalue weighted by Gasteiger charge is 2.20. The largest absolute Gasteiger partial charge is 0.253 e. The van der Waals surface area contributed by atoms with Gasteiger partial charge in [-0.15, -0.1) is 0 Å². The SMILES string of the molecule is CC[C@H](c1ccc2ccccc2n1)[C@H](C)c1ccccc1. The lowest BCUT2D eigenvalue weighted by Crippen LogP contribution is -2.09. The summed E-state index contributed by atoms with van der Waals surface area (Å²) in [6.07, 6.45) is 1.10. The number of pyridine rings is 1. The third-order valence-corrected chi connectivity index (χ3v) is 4.37. The second-order valence-electron chi connectivity index (χ2n) is 5.64. The van der Waals surface area contributed by atoms with Crippen molar-refractivity contribution in [2.45, 2.75) is 32.1 Å². The maximum atomic E-state index is 4.89. The Labute approximate surface area is 126 Å². The van der Waals surface area contributed by atoms with Gasteiger partial charge in [0.15, 0.2) is 0 Å². The topological polar surface area (TPSA) is 12.9 Å². The quantitative estimate of drug-likeness (QED) is 0.610. The van der Waals surface area contributed by atoms with Gasteiger partial charge < -0.3 is 0 Å². The van der Waals surface area contributed by atoms with E-state index in [1.807, 2.05) is 0 Å². The lowest BCUT2D eigenvalue weighted by molar-refractivity contribution is 0.547. The molecule has 1 heterocycles. The number of para-hydroxylation sites is 1. The molecule has 1 nitrogen and oxygen atoms in total. The molecule has 21 heavy (non-hydrogen) atoms. The fourth-order valence-electron chi connectivity index (χ4n) is 3.10. The van der Waals surface area contributed by atoms with Gasteiger partial charge in [0, 0.05) is 17.0 Å². The minimum absolute atomic E-state index is 0.456. The van der Waals surface area contributed by atoms with Crippen molar-refractivity contribution in [3.8, 4) is 0 Å². The van der Waals surface area contributed by atoms with Crippen LogP contribution < -0.4 is 0 Å². The Hall–Kier alpha value is -2.15.